The van der Waals surface area contributed by atoms with Gasteiger partial charge in [0.05, 0.1) is 0 Å². The standard InChI is InChI=1S/C20H30N3O5.C5H7.Fe/c21-15-9-10-23(20-18(22-15)28-20)19-17(16(25)14(12-24)27-19)26-11-5-4-8-13-6-2-1-3-7-13;1-2-4-5-3-1;/h2,9-10,13,17-20,24-25H,1,3-8,11-12H2,(H2,21,22);1H,2,4-5H2;/q2*-1;+2/t13-,17?,18?,19-,20?;;/m1../s1. The fourth-order valence-electron chi connectivity index (χ4n) is 4.67. The zero-order chi connectivity index (χ0) is 23.0. The molecule has 3 unspecified atom stereocenters. The van der Waals surface area contributed by atoms with E-state index in [-0.39, 0.29) is 47.6 Å². The molecule has 0 aromatic rings. The van der Waals surface area contributed by atoms with Gasteiger partial charge in [0.2, 0.25) is 6.23 Å². The Morgan fingerprint density at radius 2 is 2.18 bits per heavy atom. The van der Waals surface area contributed by atoms with Crippen molar-refractivity contribution >= 4 is 5.84 Å². The summed E-state index contributed by atoms with van der Waals surface area (Å²) in [4.78, 5) is 6.01. The number of unbranched alkanes of at least 4 members (excludes halogenated alkanes) is 1. The first-order chi connectivity index (χ1) is 16.2. The summed E-state index contributed by atoms with van der Waals surface area (Å²) in [6.45, 7) is 0.139. The number of aliphatic imine (C=N–C) groups is 1. The molecule has 0 amide bonds. The number of nitrogens with zero attached hydrogens (tertiary/aromatic N) is 2. The van der Waals surface area contributed by atoms with E-state index in [0.717, 1.165) is 18.8 Å². The molecule has 0 aromatic carbocycles. The second-order valence-corrected chi connectivity index (χ2v) is 9.12. The molecular formula is C25H37FeN3O5. The van der Waals surface area contributed by atoms with E-state index < -0.39 is 12.3 Å². The van der Waals surface area contributed by atoms with Crippen molar-refractivity contribution in [3.63, 3.8) is 0 Å². The Bertz CT molecular complexity index is 760. The third kappa shape index (κ3) is 7.25. The van der Waals surface area contributed by atoms with Crippen molar-refractivity contribution in [2.24, 2.45) is 16.6 Å². The molecule has 5 aliphatic rings. The average molecular weight is 515 g/mol. The van der Waals surface area contributed by atoms with Crippen LogP contribution in [0.4, 0.5) is 0 Å². The summed E-state index contributed by atoms with van der Waals surface area (Å²) in [5.74, 6) is 1.27. The minimum absolute atomic E-state index is 0. The number of nitrogens with two attached hydrogens (primary N) is 1. The van der Waals surface area contributed by atoms with E-state index in [2.05, 4.69) is 23.6 Å². The van der Waals surface area contributed by atoms with Gasteiger partial charge >= 0.3 is 17.1 Å². The van der Waals surface area contributed by atoms with E-state index in [1.54, 1.807) is 17.2 Å². The van der Waals surface area contributed by atoms with Crippen molar-refractivity contribution in [1.29, 1.82) is 0 Å². The maximum absolute atomic E-state index is 10.5. The van der Waals surface area contributed by atoms with E-state index >= 15 is 0 Å². The number of hydrogen-bond acceptors (Lipinski definition) is 8. The van der Waals surface area contributed by atoms with Crippen LogP contribution in [-0.2, 0) is 31.3 Å². The molecule has 190 valence electrons. The summed E-state index contributed by atoms with van der Waals surface area (Å²) < 4.78 is 17.3. The van der Waals surface area contributed by atoms with Crippen LogP contribution in [0.2, 0.25) is 0 Å². The number of fused-ring (bicyclic) bond motifs is 1. The fraction of sp³-hybridized carbons (Fsp3) is 0.680. The third-order valence-corrected chi connectivity index (χ3v) is 6.59. The van der Waals surface area contributed by atoms with Gasteiger partial charge in [-0.05, 0) is 12.5 Å². The average Bonchev–Trinajstić information content (AvgIpc) is 3.21. The molecule has 2 aliphatic carbocycles. The Morgan fingerprint density at radius 1 is 1.29 bits per heavy atom. The van der Waals surface area contributed by atoms with E-state index in [1.165, 1.54) is 51.4 Å². The zero-order valence-electron chi connectivity index (χ0n) is 19.6. The van der Waals surface area contributed by atoms with Crippen molar-refractivity contribution in [3.8, 4) is 0 Å². The first kappa shape index (κ1) is 27.1. The molecule has 34 heavy (non-hydrogen) atoms. The number of aliphatic hydroxyl groups is 2. The summed E-state index contributed by atoms with van der Waals surface area (Å²) in [5.41, 5.74) is 5.79. The molecule has 0 radical (unpaired) electrons. The molecule has 0 aromatic heterocycles. The van der Waals surface area contributed by atoms with E-state index in [1.807, 2.05) is 0 Å². The van der Waals surface area contributed by atoms with Crippen LogP contribution in [0.1, 0.15) is 64.2 Å². The summed E-state index contributed by atoms with van der Waals surface area (Å²) in [6.07, 6.45) is 21.3. The monoisotopic (exact) mass is 515 g/mol. The van der Waals surface area contributed by atoms with Crippen molar-refractivity contribution in [3.05, 3.63) is 42.4 Å². The third-order valence-electron chi connectivity index (χ3n) is 6.59. The molecule has 1 saturated carbocycles. The number of allylic oxidation sites excluding steroid dienone is 2. The van der Waals surface area contributed by atoms with Crippen LogP contribution < -0.4 is 5.73 Å². The van der Waals surface area contributed by atoms with Crippen LogP contribution in [0, 0.1) is 18.4 Å². The molecule has 0 bridgehead atoms. The van der Waals surface area contributed by atoms with Gasteiger partial charge < -0.3 is 47.6 Å². The Kier molecular flexibility index (Phi) is 10.8. The number of rotatable bonds is 8. The fourth-order valence-corrected chi connectivity index (χ4v) is 4.67. The Morgan fingerprint density at radius 3 is 2.85 bits per heavy atom. The van der Waals surface area contributed by atoms with E-state index in [0.29, 0.717) is 12.4 Å². The molecule has 3 aliphatic heterocycles. The first-order valence-electron chi connectivity index (χ1n) is 12.3. The van der Waals surface area contributed by atoms with Crippen molar-refractivity contribution in [2.75, 3.05) is 13.2 Å². The Balaban J connectivity index is 0.000000481. The number of aliphatic hydroxyl groups excluding tert-OH is 2. The number of epoxide rings is 1. The largest absolute Gasteiger partial charge is 2.00 e. The van der Waals surface area contributed by atoms with Gasteiger partial charge in [-0.2, -0.15) is 19.3 Å². The molecule has 0 spiro atoms. The molecule has 5 atom stereocenters. The summed E-state index contributed by atoms with van der Waals surface area (Å²) in [6, 6.07) is 0. The predicted octanol–water partition coefficient (Wildman–Crippen LogP) is 3.45. The van der Waals surface area contributed by atoms with Crippen LogP contribution in [0.3, 0.4) is 0 Å². The minimum atomic E-state index is -0.681. The van der Waals surface area contributed by atoms with Crippen LogP contribution in [0.25, 0.3) is 0 Å². The van der Waals surface area contributed by atoms with Crippen LogP contribution in [-0.4, -0.2) is 59.0 Å². The zero-order valence-corrected chi connectivity index (χ0v) is 20.7. The van der Waals surface area contributed by atoms with Crippen LogP contribution in [0.15, 0.2) is 34.9 Å². The summed E-state index contributed by atoms with van der Waals surface area (Å²) in [5, 5.41) is 19.9. The quantitative estimate of drug-likeness (QED) is 0.196. The second kappa shape index (κ2) is 13.5. The Labute approximate surface area is 213 Å². The van der Waals surface area contributed by atoms with Crippen molar-refractivity contribution in [1.82, 2.24) is 4.90 Å². The van der Waals surface area contributed by atoms with Crippen LogP contribution >= 0.6 is 0 Å². The van der Waals surface area contributed by atoms with Gasteiger partial charge in [0.25, 0.3) is 0 Å². The van der Waals surface area contributed by atoms with Gasteiger partial charge in [0.1, 0.15) is 12.4 Å². The molecule has 9 heteroatoms. The van der Waals surface area contributed by atoms with Gasteiger partial charge in [0, 0.05) is 12.8 Å². The first-order valence-corrected chi connectivity index (χ1v) is 12.3. The van der Waals surface area contributed by atoms with Gasteiger partial charge in [-0.1, -0.05) is 44.4 Å². The smallest absolute Gasteiger partial charge is 0.506 e. The van der Waals surface area contributed by atoms with E-state index in [4.69, 9.17) is 19.9 Å². The van der Waals surface area contributed by atoms with E-state index in [9.17, 15) is 10.2 Å². The number of amidine groups is 1. The van der Waals surface area contributed by atoms with Gasteiger partial charge in [-0.3, -0.25) is 6.08 Å². The predicted molar refractivity (Wildman–Crippen MR) is 124 cm³/mol. The number of ether oxygens (including phenoxy) is 3. The second-order valence-electron chi connectivity index (χ2n) is 9.12. The molecule has 1 saturated heterocycles. The van der Waals surface area contributed by atoms with Gasteiger partial charge in [0.15, 0.2) is 30.1 Å². The molecule has 2 fully saturated rings. The normalized spacial score (nSPS) is 31.6. The Hall–Kier alpha value is -1.51. The maximum atomic E-state index is 10.5. The molecule has 3 heterocycles. The van der Waals surface area contributed by atoms with Gasteiger partial charge in [-0.15, -0.1) is 0 Å². The molecular weight excluding hydrogens is 478 g/mol. The van der Waals surface area contributed by atoms with Crippen molar-refractivity contribution < 1.29 is 41.5 Å². The van der Waals surface area contributed by atoms with Crippen LogP contribution in [0.5, 0.6) is 0 Å². The summed E-state index contributed by atoms with van der Waals surface area (Å²) >= 11 is 0. The molecule has 5 rings (SSSR count). The number of hydrogen-bond donors (Lipinski definition) is 3. The minimum Gasteiger partial charge on any atom is -0.506 e. The SMILES string of the molecule is NC1=NC2OC2N([C@@H]2OC(CO)=C(O)C2OCCCC[C@@H]2C[CH-]CCC2)C=C1.[C-]1=CCCC1.[Fe+2]. The topological polar surface area (TPSA) is 113 Å². The summed E-state index contributed by atoms with van der Waals surface area (Å²) in [7, 11) is 0. The maximum Gasteiger partial charge on any atom is 2.00 e. The van der Waals surface area contributed by atoms with Crippen molar-refractivity contribution in [2.45, 2.75) is 89.0 Å². The molecule has 8 nitrogen and oxygen atoms in total. The van der Waals surface area contributed by atoms with Gasteiger partial charge in [-0.25, -0.2) is 4.99 Å². The molecule has 4 N–H and O–H groups in total.